The molecule has 0 spiro atoms. The Bertz CT molecular complexity index is 1200. The van der Waals surface area contributed by atoms with Crippen molar-refractivity contribution in [2.75, 3.05) is 0 Å². The summed E-state index contributed by atoms with van der Waals surface area (Å²) in [6.07, 6.45) is 3.15. The molecule has 0 saturated heterocycles. The van der Waals surface area contributed by atoms with Crippen molar-refractivity contribution in [1.29, 1.82) is 0 Å². The Morgan fingerprint density at radius 2 is 0.846 bits per heavy atom. The molecule has 0 bridgehead atoms. The number of hydrogen-bond donors (Lipinski definition) is 0. The molecule has 0 unspecified atom stereocenters. The Balaban J connectivity index is 0.000000240. The van der Waals surface area contributed by atoms with Gasteiger partial charge in [0.15, 0.2) is 0 Å². The standard InChI is InChI=1S/C16H6O4.C3H3N3/c17-13-7-3-1-4-8-11(7)12-9(15(13)19)5-2-6-10(12)16(20)14(8)18;1-2-4-6-5-3-1/h1-6H;1-3H. The maximum Gasteiger partial charge on any atom is 0.234 e. The molecule has 0 atom stereocenters. The summed E-state index contributed by atoms with van der Waals surface area (Å²) in [5.41, 5.74) is -1.68. The Kier molecular flexibility index (Phi) is 3.54. The van der Waals surface area contributed by atoms with Gasteiger partial charge in [-0.2, -0.15) is 0 Å². The van der Waals surface area contributed by atoms with Gasteiger partial charge in [-0.1, -0.05) is 36.4 Å². The second kappa shape index (κ2) is 5.89. The van der Waals surface area contributed by atoms with Crippen LogP contribution in [0.4, 0.5) is 0 Å². The lowest BCUT2D eigenvalue weighted by atomic mass is 9.87. The van der Waals surface area contributed by atoms with Crippen LogP contribution in [0, 0.1) is 0 Å². The van der Waals surface area contributed by atoms with Crippen molar-refractivity contribution >= 4 is 21.5 Å². The van der Waals surface area contributed by atoms with Crippen molar-refractivity contribution in [2.24, 2.45) is 0 Å². The van der Waals surface area contributed by atoms with E-state index in [2.05, 4.69) is 15.4 Å². The molecule has 0 amide bonds. The highest BCUT2D eigenvalue weighted by Gasteiger charge is 2.23. The fourth-order valence-corrected chi connectivity index (χ4v) is 3.09. The summed E-state index contributed by atoms with van der Waals surface area (Å²) in [7, 11) is 0. The van der Waals surface area contributed by atoms with Crippen LogP contribution < -0.4 is 21.7 Å². The van der Waals surface area contributed by atoms with Gasteiger partial charge in [0.25, 0.3) is 0 Å². The van der Waals surface area contributed by atoms with Gasteiger partial charge in [-0.3, -0.25) is 19.2 Å². The molecule has 1 aromatic heterocycles. The van der Waals surface area contributed by atoms with E-state index in [4.69, 9.17) is 0 Å². The van der Waals surface area contributed by atoms with Crippen molar-refractivity contribution in [3.05, 3.63) is 95.8 Å². The van der Waals surface area contributed by atoms with Crippen LogP contribution in [0.1, 0.15) is 0 Å². The monoisotopic (exact) mass is 343 g/mol. The van der Waals surface area contributed by atoms with Crippen molar-refractivity contribution in [3.8, 4) is 11.1 Å². The third-order valence-corrected chi connectivity index (χ3v) is 4.18. The van der Waals surface area contributed by atoms with E-state index in [1.165, 1.54) is 36.4 Å². The van der Waals surface area contributed by atoms with Crippen molar-refractivity contribution in [3.63, 3.8) is 0 Å². The van der Waals surface area contributed by atoms with E-state index >= 15 is 0 Å². The molecule has 3 aromatic rings. The van der Waals surface area contributed by atoms with Gasteiger partial charge in [-0.25, -0.2) is 0 Å². The highest BCUT2D eigenvalue weighted by atomic mass is 16.2. The van der Waals surface area contributed by atoms with Crippen molar-refractivity contribution < 1.29 is 0 Å². The van der Waals surface area contributed by atoms with E-state index in [1.54, 1.807) is 18.5 Å². The van der Waals surface area contributed by atoms with Crippen molar-refractivity contribution in [2.45, 2.75) is 0 Å². The van der Waals surface area contributed by atoms with Gasteiger partial charge in [0.1, 0.15) is 0 Å². The molecule has 0 aliphatic heterocycles. The largest absolute Gasteiger partial charge is 0.285 e. The van der Waals surface area contributed by atoms with Crippen LogP contribution in [0.3, 0.4) is 0 Å². The molecule has 0 saturated carbocycles. The van der Waals surface area contributed by atoms with Gasteiger partial charge in [0, 0.05) is 32.7 Å². The van der Waals surface area contributed by atoms with Crippen LogP contribution in [0.15, 0.2) is 74.0 Å². The van der Waals surface area contributed by atoms with Crippen LogP contribution in [-0.2, 0) is 0 Å². The number of hydrogen-bond acceptors (Lipinski definition) is 7. The zero-order chi connectivity index (χ0) is 18.3. The number of benzene rings is 4. The van der Waals surface area contributed by atoms with Crippen LogP contribution in [0.2, 0.25) is 0 Å². The average molecular weight is 343 g/mol. The third kappa shape index (κ3) is 2.18. The summed E-state index contributed by atoms with van der Waals surface area (Å²) in [4.78, 5) is 48.4. The molecule has 5 rings (SSSR count). The number of aromatic nitrogens is 3. The second-order valence-corrected chi connectivity index (χ2v) is 5.58. The minimum Gasteiger partial charge on any atom is -0.285 e. The Morgan fingerprint density at radius 3 is 1.08 bits per heavy atom. The van der Waals surface area contributed by atoms with Gasteiger partial charge in [-0.15, -0.1) is 10.2 Å². The second-order valence-electron chi connectivity index (χ2n) is 5.58. The zero-order valence-corrected chi connectivity index (χ0v) is 13.2. The van der Waals surface area contributed by atoms with E-state index in [9.17, 15) is 19.2 Å². The minimum atomic E-state index is -0.631. The van der Waals surface area contributed by atoms with E-state index < -0.39 is 21.7 Å². The SMILES string of the molecule is O=c1c(=O)c2cccc3c2-c2c1cccc2c(=O)c3=O.c1cnnnc1. The summed E-state index contributed by atoms with van der Waals surface area (Å²) in [6.45, 7) is 0. The summed E-state index contributed by atoms with van der Waals surface area (Å²) in [5.74, 6) is 0. The lowest BCUT2D eigenvalue weighted by molar-refractivity contribution is 0.865. The van der Waals surface area contributed by atoms with Crippen LogP contribution in [0.25, 0.3) is 32.7 Å². The number of nitrogens with zero attached hydrogens (tertiary/aromatic N) is 3. The Labute approximate surface area is 144 Å². The molecule has 0 N–H and O–H groups in total. The van der Waals surface area contributed by atoms with Gasteiger partial charge < -0.3 is 0 Å². The predicted molar refractivity (Wildman–Crippen MR) is 96.5 cm³/mol. The van der Waals surface area contributed by atoms with Gasteiger partial charge >= 0.3 is 0 Å². The van der Waals surface area contributed by atoms with Crippen LogP contribution in [0.5, 0.6) is 0 Å². The Morgan fingerprint density at radius 1 is 0.500 bits per heavy atom. The van der Waals surface area contributed by atoms with Gasteiger partial charge in [0.05, 0.1) is 12.4 Å². The third-order valence-electron chi connectivity index (χ3n) is 4.18. The van der Waals surface area contributed by atoms with Crippen molar-refractivity contribution in [1.82, 2.24) is 15.4 Å². The molecular formula is C19H9N3O4. The molecule has 2 aliphatic carbocycles. The summed E-state index contributed by atoms with van der Waals surface area (Å²) in [5, 5.41) is 10.9. The molecule has 7 nitrogen and oxygen atoms in total. The first kappa shape index (κ1) is 15.6. The lowest BCUT2D eigenvalue weighted by Gasteiger charge is -2.13. The predicted octanol–water partition coefficient (Wildman–Crippen LogP) is 0.724. The highest BCUT2D eigenvalue weighted by Crippen LogP contribution is 2.33. The lowest BCUT2D eigenvalue weighted by Crippen LogP contribution is -2.31. The molecule has 1 heterocycles. The van der Waals surface area contributed by atoms with Gasteiger partial charge in [0.2, 0.25) is 21.7 Å². The minimum absolute atomic E-state index is 0.202. The van der Waals surface area contributed by atoms with Crippen LogP contribution in [-0.4, -0.2) is 15.4 Å². The molecular weight excluding hydrogens is 334 g/mol. The maximum absolute atomic E-state index is 12.1. The van der Waals surface area contributed by atoms with E-state index in [1.807, 2.05) is 0 Å². The number of rotatable bonds is 0. The fraction of sp³-hybridized carbons (Fsp3) is 0. The summed E-state index contributed by atoms with van der Waals surface area (Å²) in [6, 6.07) is 10.8. The summed E-state index contributed by atoms with van der Waals surface area (Å²) < 4.78 is 0. The Hall–Kier alpha value is -3.87. The molecule has 0 fully saturated rings. The van der Waals surface area contributed by atoms with E-state index in [-0.39, 0.29) is 21.5 Å². The zero-order valence-electron chi connectivity index (χ0n) is 13.2. The summed E-state index contributed by atoms with van der Waals surface area (Å²) >= 11 is 0. The topological polar surface area (TPSA) is 107 Å². The molecule has 0 radical (unpaired) electrons. The van der Waals surface area contributed by atoms with E-state index in [0.717, 1.165) is 0 Å². The average Bonchev–Trinajstić information content (AvgIpc) is 2.71. The van der Waals surface area contributed by atoms with E-state index in [0.29, 0.717) is 11.1 Å². The maximum atomic E-state index is 12.1. The quantitative estimate of drug-likeness (QED) is 0.301. The van der Waals surface area contributed by atoms with Gasteiger partial charge in [-0.05, 0) is 11.3 Å². The highest BCUT2D eigenvalue weighted by molar-refractivity contribution is 6.11. The molecule has 2 aliphatic rings. The smallest absolute Gasteiger partial charge is 0.234 e. The molecule has 26 heavy (non-hydrogen) atoms. The molecule has 124 valence electrons. The first-order valence-electron chi connectivity index (χ1n) is 7.64. The normalized spacial score (nSPS) is 10.9. The fourth-order valence-electron chi connectivity index (χ4n) is 3.09. The van der Waals surface area contributed by atoms with Crippen LogP contribution >= 0.6 is 0 Å². The first-order valence-corrected chi connectivity index (χ1v) is 7.64. The molecule has 7 heteroatoms. The first-order chi connectivity index (χ1) is 12.6. The molecule has 2 aromatic carbocycles.